The van der Waals surface area contributed by atoms with Crippen LogP contribution in [0.3, 0.4) is 0 Å². The largest absolute Gasteiger partial charge is 0.354 e. The zero-order valence-corrected chi connectivity index (χ0v) is 13.5. The number of thiazole rings is 1. The molecule has 1 fully saturated rings. The molecule has 5 heteroatoms. The molecule has 0 aromatic carbocycles. The van der Waals surface area contributed by atoms with Gasteiger partial charge in [-0.25, -0.2) is 9.97 Å². The highest BCUT2D eigenvalue weighted by molar-refractivity contribution is 7.07. The first-order valence-corrected chi connectivity index (χ1v) is 8.50. The summed E-state index contributed by atoms with van der Waals surface area (Å²) in [6.07, 6.45) is 3.61. The van der Waals surface area contributed by atoms with Gasteiger partial charge in [0.1, 0.15) is 5.82 Å². The lowest BCUT2D eigenvalue weighted by Gasteiger charge is -2.19. The summed E-state index contributed by atoms with van der Waals surface area (Å²) in [5, 5.41) is 5.67. The standard InChI is InChI=1S/C16H22N4S/c1-3-13-6-12(8-17-14-4-5-14)7-16(19-13)20(2)9-15-10-21-11-18-15/h6-7,10-11,14,17H,3-5,8-9H2,1-2H3. The van der Waals surface area contributed by atoms with Gasteiger partial charge < -0.3 is 10.2 Å². The Morgan fingerprint density at radius 2 is 2.19 bits per heavy atom. The molecule has 2 heterocycles. The summed E-state index contributed by atoms with van der Waals surface area (Å²) in [5.74, 6) is 1.04. The highest BCUT2D eigenvalue weighted by atomic mass is 32.1. The van der Waals surface area contributed by atoms with Gasteiger partial charge >= 0.3 is 0 Å². The van der Waals surface area contributed by atoms with E-state index in [-0.39, 0.29) is 0 Å². The summed E-state index contributed by atoms with van der Waals surface area (Å²) >= 11 is 1.64. The van der Waals surface area contributed by atoms with Gasteiger partial charge in [0.15, 0.2) is 0 Å². The van der Waals surface area contributed by atoms with E-state index in [0.29, 0.717) is 0 Å². The van der Waals surface area contributed by atoms with Gasteiger partial charge in [-0.2, -0.15) is 0 Å². The van der Waals surface area contributed by atoms with E-state index in [1.54, 1.807) is 11.3 Å². The van der Waals surface area contributed by atoms with Crippen LogP contribution >= 0.6 is 11.3 Å². The van der Waals surface area contributed by atoms with Crippen molar-refractivity contribution in [3.05, 3.63) is 40.0 Å². The number of aromatic nitrogens is 2. The fourth-order valence-electron chi connectivity index (χ4n) is 2.30. The maximum Gasteiger partial charge on any atom is 0.129 e. The van der Waals surface area contributed by atoms with Crippen molar-refractivity contribution in [2.75, 3.05) is 11.9 Å². The maximum absolute atomic E-state index is 4.75. The molecule has 112 valence electrons. The summed E-state index contributed by atoms with van der Waals surface area (Å²) in [7, 11) is 2.08. The van der Waals surface area contributed by atoms with Crippen molar-refractivity contribution in [1.29, 1.82) is 0 Å². The molecule has 3 rings (SSSR count). The fraction of sp³-hybridized carbons (Fsp3) is 0.500. The zero-order valence-electron chi connectivity index (χ0n) is 12.7. The molecule has 2 aromatic heterocycles. The van der Waals surface area contributed by atoms with Crippen LogP contribution in [0.1, 0.15) is 36.7 Å². The number of nitrogens with one attached hydrogen (secondary N) is 1. The van der Waals surface area contributed by atoms with Crippen LogP contribution in [-0.4, -0.2) is 23.1 Å². The Hall–Kier alpha value is -1.46. The Labute approximate surface area is 130 Å². The molecule has 0 unspecified atom stereocenters. The van der Waals surface area contributed by atoms with Crippen LogP contribution in [0.15, 0.2) is 23.0 Å². The quantitative estimate of drug-likeness (QED) is 0.853. The molecule has 0 spiro atoms. The van der Waals surface area contributed by atoms with Gasteiger partial charge in [-0.15, -0.1) is 11.3 Å². The van der Waals surface area contributed by atoms with Crippen molar-refractivity contribution in [1.82, 2.24) is 15.3 Å². The third-order valence-electron chi connectivity index (χ3n) is 3.73. The molecule has 0 atom stereocenters. The van der Waals surface area contributed by atoms with Crippen LogP contribution in [0.4, 0.5) is 5.82 Å². The van der Waals surface area contributed by atoms with Crippen molar-refractivity contribution in [2.24, 2.45) is 0 Å². The molecule has 0 bridgehead atoms. The third-order valence-corrected chi connectivity index (χ3v) is 4.37. The molecule has 0 aliphatic heterocycles. The number of hydrogen-bond acceptors (Lipinski definition) is 5. The lowest BCUT2D eigenvalue weighted by atomic mass is 10.2. The molecular weight excluding hydrogens is 280 g/mol. The van der Waals surface area contributed by atoms with Crippen LogP contribution in [0.25, 0.3) is 0 Å². The predicted octanol–water partition coefficient (Wildman–Crippen LogP) is 2.99. The van der Waals surface area contributed by atoms with E-state index >= 15 is 0 Å². The molecule has 0 saturated heterocycles. The predicted molar refractivity (Wildman–Crippen MR) is 87.7 cm³/mol. The van der Waals surface area contributed by atoms with E-state index < -0.39 is 0 Å². The van der Waals surface area contributed by atoms with E-state index in [0.717, 1.165) is 42.8 Å². The highest BCUT2D eigenvalue weighted by Crippen LogP contribution is 2.21. The van der Waals surface area contributed by atoms with Crippen LogP contribution in [-0.2, 0) is 19.5 Å². The average molecular weight is 302 g/mol. The van der Waals surface area contributed by atoms with Crippen molar-refractivity contribution in [3.63, 3.8) is 0 Å². The van der Waals surface area contributed by atoms with Crippen molar-refractivity contribution in [3.8, 4) is 0 Å². The van der Waals surface area contributed by atoms with Crippen LogP contribution in [0.5, 0.6) is 0 Å². The minimum atomic E-state index is 0.736. The molecule has 21 heavy (non-hydrogen) atoms. The van der Waals surface area contributed by atoms with Gasteiger partial charge in [0, 0.05) is 30.7 Å². The van der Waals surface area contributed by atoms with Gasteiger partial charge in [0.25, 0.3) is 0 Å². The summed E-state index contributed by atoms with van der Waals surface area (Å²) in [6.45, 7) is 3.90. The molecule has 1 N–H and O–H groups in total. The Balaban J connectivity index is 1.73. The average Bonchev–Trinajstić information content (AvgIpc) is 3.20. The lowest BCUT2D eigenvalue weighted by Crippen LogP contribution is -2.20. The summed E-state index contributed by atoms with van der Waals surface area (Å²) in [5.41, 5.74) is 5.47. The number of pyridine rings is 1. The van der Waals surface area contributed by atoms with Gasteiger partial charge in [-0.1, -0.05) is 6.92 Å². The molecule has 0 amide bonds. The Morgan fingerprint density at radius 3 is 2.86 bits per heavy atom. The van der Waals surface area contributed by atoms with Gasteiger partial charge in [0.05, 0.1) is 17.7 Å². The lowest BCUT2D eigenvalue weighted by molar-refractivity contribution is 0.685. The molecule has 1 saturated carbocycles. The Kier molecular flexibility index (Phi) is 4.51. The fourth-order valence-corrected chi connectivity index (χ4v) is 2.85. The summed E-state index contributed by atoms with van der Waals surface area (Å²) in [6, 6.07) is 5.15. The molecule has 4 nitrogen and oxygen atoms in total. The first kappa shape index (κ1) is 14.5. The second-order valence-corrected chi connectivity index (χ2v) is 6.39. The van der Waals surface area contributed by atoms with Crippen molar-refractivity contribution < 1.29 is 0 Å². The molecule has 1 aliphatic carbocycles. The van der Waals surface area contributed by atoms with E-state index in [1.165, 1.54) is 18.4 Å². The minimum absolute atomic E-state index is 0.736. The van der Waals surface area contributed by atoms with E-state index in [2.05, 4.69) is 46.7 Å². The first-order chi connectivity index (χ1) is 10.2. The smallest absolute Gasteiger partial charge is 0.129 e. The van der Waals surface area contributed by atoms with Gasteiger partial charge in [-0.3, -0.25) is 0 Å². The number of hydrogen-bond donors (Lipinski definition) is 1. The molecular formula is C16H22N4S. The summed E-state index contributed by atoms with van der Waals surface area (Å²) in [4.78, 5) is 11.3. The normalized spacial score (nSPS) is 14.4. The molecule has 2 aromatic rings. The van der Waals surface area contributed by atoms with E-state index in [9.17, 15) is 0 Å². The van der Waals surface area contributed by atoms with Crippen LogP contribution < -0.4 is 10.2 Å². The van der Waals surface area contributed by atoms with Gasteiger partial charge in [-0.05, 0) is 37.0 Å². The van der Waals surface area contributed by atoms with E-state index in [1.807, 2.05) is 5.51 Å². The Morgan fingerprint density at radius 1 is 1.33 bits per heavy atom. The first-order valence-electron chi connectivity index (χ1n) is 7.56. The van der Waals surface area contributed by atoms with Gasteiger partial charge in [0.2, 0.25) is 0 Å². The third kappa shape index (κ3) is 4.02. The monoisotopic (exact) mass is 302 g/mol. The van der Waals surface area contributed by atoms with E-state index in [4.69, 9.17) is 4.98 Å². The topological polar surface area (TPSA) is 41.0 Å². The molecule has 1 aliphatic rings. The minimum Gasteiger partial charge on any atom is -0.354 e. The zero-order chi connectivity index (χ0) is 14.7. The number of aryl methyl sites for hydroxylation is 1. The van der Waals surface area contributed by atoms with Crippen molar-refractivity contribution in [2.45, 2.75) is 45.3 Å². The highest BCUT2D eigenvalue weighted by Gasteiger charge is 2.20. The second kappa shape index (κ2) is 6.54. The summed E-state index contributed by atoms with van der Waals surface area (Å²) < 4.78 is 0. The maximum atomic E-state index is 4.75. The number of rotatable bonds is 7. The molecule has 0 radical (unpaired) electrons. The number of nitrogens with zero attached hydrogens (tertiary/aromatic N) is 3. The Bertz CT molecular complexity index is 578. The second-order valence-electron chi connectivity index (χ2n) is 5.67. The van der Waals surface area contributed by atoms with Crippen molar-refractivity contribution >= 4 is 17.2 Å². The van der Waals surface area contributed by atoms with Crippen LogP contribution in [0.2, 0.25) is 0 Å². The SMILES string of the molecule is CCc1cc(CNC2CC2)cc(N(C)Cc2cscn2)n1. The van der Waals surface area contributed by atoms with Crippen LogP contribution in [0, 0.1) is 0 Å². The number of anilines is 1.